The van der Waals surface area contributed by atoms with E-state index in [1.165, 1.54) is 55.6 Å². The van der Waals surface area contributed by atoms with Gasteiger partial charge in [-0.1, -0.05) is 24.3 Å². The Labute approximate surface area is 250 Å². The van der Waals surface area contributed by atoms with Gasteiger partial charge in [0, 0.05) is 41.5 Å². The summed E-state index contributed by atoms with van der Waals surface area (Å²) in [7, 11) is -3.48. The van der Waals surface area contributed by atoms with Crippen LogP contribution in [0.15, 0.2) is 75.4 Å². The molecule has 0 saturated heterocycles. The van der Waals surface area contributed by atoms with Gasteiger partial charge in [-0.15, -0.1) is 0 Å². The van der Waals surface area contributed by atoms with Gasteiger partial charge in [-0.25, -0.2) is 8.42 Å². The van der Waals surface area contributed by atoms with Gasteiger partial charge >= 0.3 is 6.18 Å². The van der Waals surface area contributed by atoms with Crippen molar-refractivity contribution >= 4 is 33.6 Å². The Hall–Kier alpha value is -4.85. The molecule has 0 radical (unpaired) electrons. The average molecular weight is 629 g/mol. The first-order valence-electron chi connectivity index (χ1n) is 13.1. The highest BCUT2D eigenvalue weighted by Gasteiger charge is 2.37. The summed E-state index contributed by atoms with van der Waals surface area (Å²) in [6.07, 6.45) is 0.444. The molecule has 2 atom stereocenters. The summed E-state index contributed by atoms with van der Waals surface area (Å²) >= 11 is 0. The number of ketones is 1. The van der Waals surface area contributed by atoms with E-state index < -0.39 is 62.3 Å². The van der Waals surface area contributed by atoms with Crippen LogP contribution >= 0.6 is 0 Å². The highest BCUT2D eigenvalue weighted by molar-refractivity contribution is 7.90. The molecule has 1 aliphatic heterocycles. The number of amides is 2. The van der Waals surface area contributed by atoms with Crippen molar-refractivity contribution in [1.29, 1.82) is 0 Å². The number of aromatic nitrogens is 1. The Balaban J connectivity index is 1.96. The van der Waals surface area contributed by atoms with Gasteiger partial charge in [-0.05, 0) is 55.8 Å². The van der Waals surface area contributed by atoms with E-state index >= 15 is 0 Å². The number of carbonyl (C=O) groups is 3. The molecular weight excluding hydrogens is 601 g/mol. The molecule has 1 aliphatic rings. The van der Waals surface area contributed by atoms with Crippen molar-refractivity contribution in [2.24, 2.45) is 16.6 Å². The molecule has 10 nitrogen and oxygen atoms in total. The van der Waals surface area contributed by atoms with Gasteiger partial charge in [-0.2, -0.15) is 13.2 Å². The zero-order valence-corrected chi connectivity index (χ0v) is 24.5. The Kier molecular flexibility index (Phi) is 8.77. The monoisotopic (exact) mass is 628 g/mol. The molecule has 14 heteroatoms. The number of pyridine rings is 1. The molecular formula is C30H27F3N4O6S. The zero-order valence-electron chi connectivity index (χ0n) is 23.7. The smallest absolute Gasteiger partial charge is 0.369 e. The summed E-state index contributed by atoms with van der Waals surface area (Å²) in [6, 6.07) is 8.16. The Bertz CT molecular complexity index is 1900. The highest BCUT2D eigenvalue weighted by Crippen LogP contribution is 2.36. The van der Waals surface area contributed by atoms with Gasteiger partial charge < -0.3 is 11.1 Å². The molecule has 0 aliphatic carbocycles. The number of carbonyl (C=O) groups excluding carboxylic acids is 3. The molecule has 0 fully saturated rings. The Morgan fingerprint density at radius 1 is 1.07 bits per heavy atom. The van der Waals surface area contributed by atoms with Gasteiger partial charge in [0.15, 0.2) is 15.6 Å². The van der Waals surface area contributed by atoms with E-state index in [1.807, 2.05) is 0 Å². The van der Waals surface area contributed by atoms with Gasteiger partial charge in [0.05, 0.1) is 22.4 Å². The summed E-state index contributed by atoms with van der Waals surface area (Å²) < 4.78 is 65.1. The molecule has 0 bridgehead atoms. The number of hydrogen-bond acceptors (Lipinski definition) is 7. The van der Waals surface area contributed by atoms with Crippen molar-refractivity contribution in [3.05, 3.63) is 105 Å². The zero-order chi connectivity index (χ0) is 32.6. The molecule has 44 heavy (non-hydrogen) atoms. The fourth-order valence-electron chi connectivity index (χ4n) is 5.04. The van der Waals surface area contributed by atoms with Crippen molar-refractivity contribution in [3.63, 3.8) is 0 Å². The van der Waals surface area contributed by atoms with Crippen molar-refractivity contribution in [2.75, 3.05) is 6.26 Å². The van der Waals surface area contributed by atoms with Crippen LogP contribution in [0.3, 0.4) is 0 Å². The van der Waals surface area contributed by atoms with Crippen LogP contribution in [0.5, 0.6) is 0 Å². The summed E-state index contributed by atoms with van der Waals surface area (Å²) in [4.78, 5) is 57.8. The molecule has 2 aromatic carbocycles. The molecule has 2 heterocycles. The maximum atomic E-state index is 14.1. The minimum absolute atomic E-state index is 0.0455. The van der Waals surface area contributed by atoms with Crippen LogP contribution in [-0.4, -0.2) is 43.1 Å². The third-order valence-corrected chi connectivity index (χ3v) is 8.21. The van der Waals surface area contributed by atoms with Crippen LogP contribution in [0.25, 0.3) is 5.69 Å². The summed E-state index contributed by atoms with van der Waals surface area (Å²) in [6.45, 7) is 2.30. The van der Waals surface area contributed by atoms with E-state index in [9.17, 15) is 40.8 Å². The second-order valence-corrected chi connectivity index (χ2v) is 12.2. The van der Waals surface area contributed by atoms with Gasteiger partial charge in [0.1, 0.15) is 5.56 Å². The number of nitrogens with one attached hydrogen (secondary N) is 1. The Morgan fingerprint density at radius 3 is 2.30 bits per heavy atom. The number of primary amides is 1. The highest BCUT2D eigenvalue weighted by atomic mass is 32.2. The number of hydrogen-bond donors (Lipinski definition) is 2. The number of aliphatic imine (C=N–C) groups is 1. The van der Waals surface area contributed by atoms with E-state index in [2.05, 4.69) is 10.3 Å². The number of nitrogens with two attached hydrogens (primary N) is 1. The molecule has 2 amide bonds. The van der Waals surface area contributed by atoms with E-state index in [1.54, 1.807) is 0 Å². The van der Waals surface area contributed by atoms with Crippen molar-refractivity contribution in [2.45, 2.75) is 37.5 Å². The third kappa shape index (κ3) is 6.39. The maximum Gasteiger partial charge on any atom is 0.416 e. The number of sulfone groups is 1. The lowest BCUT2D eigenvalue weighted by Crippen LogP contribution is -2.39. The standard InChI is InChI=1S/C30H27F3N4O6S/c1-16-23(17(2)38)24(26-22(27(34)39)8-5-13-35-26)25(28(40)36-15-18-9-11-21(12-10-18)44(3,42)43)29(41)37(16)20-7-4-6-19(14-20)30(31,32)33/h4-14,22,26H,15H2,1-3H3,(H2,34,39)(H,36,40). The van der Waals surface area contributed by atoms with Gasteiger partial charge in [0.25, 0.3) is 11.5 Å². The van der Waals surface area contributed by atoms with Gasteiger partial charge in [0.2, 0.25) is 5.91 Å². The van der Waals surface area contributed by atoms with Crippen molar-refractivity contribution in [3.8, 4) is 5.69 Å². The van der Waals surface area contributed by atoms with E-state index in [0.29, 0.717) is 5.56 Å². The number of alkyl halides is 3. The van der Waals surface area contributed by atoms with E-state index in [0.717, 1.165) is 35.9 Å². The van der Waals surface area contributed by atoms with Crippen molar-refractivity contribution < 1.29 is 36.0 Å². The normalized spacial score (nSPS) is 16.5. The third-order valence-electron chi connectivity index (χ3n) is 7.08. The summed E-state index contributed by atoms with van der Waals surface area (Å²) in [5.74, 6) is -3.66. The quantitative estimate of drug-likeness (QED) is 0.364. The topological polar surface area (TPSA) is 158 Å². The van der Waals surface area contributed by atoms with Crippen molar-refractivity contribution in [1.82, 2.24) is 9.88 Å². The number of allylic oxidation sites excluding steroid dienone is 1. The van der Waals surface area contributed by atoms with Crippen LogP contribution in [0.1, 0.15) is 56.1 Å². The van der Waals surface area contributed by atoms with Crippen LogP contribution < -0.4 is 16.6 Å². The maximum absolute atomic E-state index is 14.1. The molecule has 1 aromatic heterocycles. The lowest BCUT2D eigenvalue weighted by atomic mass is 9.83. The molecule has 2 unspecified atom stereocenters. The van der Waals surface area contributed by atoms with Crippen LogP contribution in [0, 0.1) is 12.8 Å². The molecule has 3 N–H and O–H groups in total. The molecule has 3 aromatic rings. The predicted molar refractivity (Wildman–Crippen MR) is 156 cm³/mol. The predicted octanol–water partition coefficient (Wildman–Crippen LogP) is 3.48. The summed E-state index contributed by atoms with van der Waals surface area (Å²) in [5.41, 5.74) is 2.62. The summed E-state index contributed by atoms with van der Waals surface area (Å²) in [5, 5.41) is 2.56. The fraction of sp³-hybridized carbons (Fsp3) is 0.233. The number of halogens is 3. The van der Waals surface area contributed by atoms with Gasteiger partial charge in [-0.3, -0.25) is 28.7 Å². The number of dihydropyridines is 1. The first-order valence-corrected chi connectivity index (χ1v) is 15.0. The largest absolute Gasteiger partial charge is 0.416 e. The minimum Gasteiger partial charge on any atom is -0.369 e. The number of Topliss-reactive ketones (excluding diaryl/α,β-unsaturated/α-hetero) is 1. The first kappa shape index (κ1) is 32.1. The molecule has 230 valence electrons. The van der Waals surface area contributed by atoms with Crippen LogP contribution in [0.4, 0.5) is 13.2 Å². The lowest BCUT2D eigenvalue weighted by molar-refractivity contribution is -0.137. The molecule has 0 saturated carbocycles. The van der Waals surface area contributed by atoms with E-state index in [-0.39, 0.29) is 33.9 Å². The average Bonchev–Trinajstić information content (AvgIpc) is 2.95. The number of benzene rings is 2. The second kappa shape index (κ2) is 12.0. The molecule has 0 spiro atoms. The lowest BCUT2D eigenvalue weighted by Gasteiger charge is -2.27. The minimum atomic E-state index is -4.75. The fourth-order valence-corrected chi connectivity index (χ4v) is 5.67. The van der Waals surface area contributed by atoms with Crippen LogP contribution in [-0.2, 0) is 27.4 Å². The van der Waals surface area contributed by atoms with Crippen LogP contribution in [0.2, 0.25) is 0 Å². The number of nitrogens with zero attached hydrogens (tertiary/aromatic N) is 2. The first-order chi connectivity index (χ1) is 20.5. The second-order valence-electron chi connectivity index (χ2n) is 10.1. The Morgan fingerprint density at radius 2 is 1.73 bits per heavy atom. The molecule has 4 rings (SSSR count). The van der Waals surface area contributed by atoms with E-state index in [4.69, 9.17) is 5.73 Å². The SMILES string of the molecule is CC(=O)c1c(C2N=CC=CC2C(N)=O)c(C(=O)NCc2ccc(S(C)(=O)=O)cc2)c(=O)n(-c2cccc(C(F)(F)F)c2)c1C. The number of rotatable bonds is 8.